The van der Waals surface area contributed by atoms with E-state index in [1.54, 1.807) is 36.2 Å². The molecule has 0 aliphatic rings. The van der Waals surface area contributed by atoms with Gasteiger partial charge in [-0.15, -0.1) is 0 Å². The summed E-state index contributed by atoms with van der Waals surface area (Å²) in [6.07, 6.45) is 0. The molecule has 0 atom stereocenters. The molecule has 0 unspecified atom stereocenters. The second-order valence-corrected chi connectivity index (χ2v) is 5.07. The van der Waals surface area contributed by atoms with E-state index in [1.165, 1.54) is 6.07 Å². The van der Waals surface area contributed by atoms with Gasteiger partial charge in [-0.05, 0) is 35.9 Å². The lowest BCUT2D eigenvalue weighted by Crippen LogP contribution is -2.19. The Morgan fingerprint density at radius 1 is 1.29 bits per heavy atom. The average Bonchev–Trinajstić information content (AvgIpc) is 2.48. The largest absolute Gasteiger partial charge is 0.409 e. The fraction of sp³-hybridized carbons (Fsp3) is 0.133. The van der Waals surface area contributed by atoms with Gasteiger partial charge in [0.1, 0.15) is 5.82 Å². The Morgan fingerprint density at radius 2 is 1.95 bits per heavy atom. The molecule has 0 aliphatic heterocycles. The molecular formula is C15H15ClFN3O. The highest BCUT2D eigenvalue weighted by atomic mass is 35.5. The summed E-state index contributed by atoms with van der Waals surface area (Å²) in [5, 5.41) is 12.1. The number of amidine groups is 1. The lowest BCUT2D eigenvalue weighted by Gasteiger charge is -2.20. The van der Waals surface area contributed by atoms with Crippen LogP contribution in [0.25, 0.3) is 0 Å². The van der Waals surface area contributed by atoms with Crippen molar-refractivity contribution in [3.63, 3.8) is 0 Å². The molecule has 4 nitrogen and oxygen atoms in total. The number of oxime groups is 1. The van der Waals surface area contributed by atoms with Crippen molar-refractivity contribution in [1.82, 2.24) is 0 Å². The average molecular weight is 308 g/mol. The number of hydrogen-bond donors (Lipinski definition) is 2. The molecular weight excluding hydrogens is 293 g/mol. The molecule has 2 rings (SSSR count). The number of benzene rings is 2. The van der Waals surface area contributed by atoms with Gasteiger partial charge in [-0.2, -0.15) is 0 Å². The van der Waals surface area contributed by atoms with E-state index in [2.05, 4.69) is 5.16 Å². The van der Waals surface area contributed by atoms with Gasteiger partial charge < -0.3 is 15.8 Å². The first-order valence-electron chi connectivity index (χ1n) is 6.24. The van der Waals surface area contributed by atoms with Crippen LogP contribution in [0.2, 0.25) is 5.02 Å². The first kappa shape index (κ1) is 15.1. The molecule has 0 heterocycles. The zero-order chi connectivity index (χ0) is 15.4. The van der Waals surface area contributed by atoms with E-state index in [0.717, 1.165) is 5.56 Å². The van der Waals surface area contributed by atoms with E-state index in [0.29, 0.717) is 22.8 Å². The van der Waals surface area contributed by atoms with Crippen molar-refractivity contribution in [3.8, 4) is 0 Å². The fourth-order valence-corrected chi connectivity index (χ4v) is 2.11. The van der Waals surface area contributed by atoms with Crippen molar-refractivity contribution < 1.29 is 9.60 Å². The monoisotopic (exact) mass is 307 g/mol. The molecule has 0 amide bonds. The fourth-order valence-electron chi connectivity index (χ4n) is 1.98. The quantitative estimate of drug-likeness (QED) is 0.394. The van der Waals surface area contributed by atoms with E-state index in [9.17, 15) is 4.39 Å². The SMILES string of the molecule is CN(Cc1ccc(Cl)cc1)c1ccc(C(N)=NO)cc1F. The van der Waals surface area contributed by atoms with Crippen molar-refractivity contribution >= 4 is 23.1 Å². The van der Waals surface area contributed by atoms with Crippen LogP contribution in [0, 0.1) is 5.82 Å². The van der Waals surface area contributed by atoms with E-state index in [1.807, 2.05) is 12.1 Å². The molecule has 0 saturated carbocycles. The standard InChI is InChI=1S/C15H15ClFN3O/c1-20(9-10-2-5-12(16)6-3-10)14-7-4-11(8-13(14)17)15(18)19-21/h2-8,21H,9H2,1H3,(H2,18,19). The van der Waals surface area contributed by atoms with E-state index in [-0.39, 0.29) is 5.84 Å². The van der Waals surface area contributed by atoms with E-state index in [4.69, 9.17) is 22.5 Å². The van der Waals surface area contributed by atoms with Crippen LogP contribution in [0.4, 0.5) is 10.1 Å². The van der Waals surface area contributed by atoms with Crippen LogP contribution < -0.4 is 10.6 Å². The Balaban J connectivity index is 2.19. The van der Waals surface area contributed by atoms with Gasteiger partial charge in [-0.1, -0.05) is 28.9 Å². The van der Waals surface area contributed by atoms with Crippen LogP contribution in [-0.2, 0) is 6.54 Å². The van der Waals surface area contributed by atoms with Crippen LogP contribution >= 0.6 is 11.6 Å². The summed E-state index contributed by atoms with van der Waals surface area (Å²) >= 11 is 5.83. The van der Waals surface area contributed by atoms with Crippen molar-refractivity contribution in [2.75, 3.05) is 11.9 Å². The number of nitrogens with two attached hydrogens (primary N) is 1. The third-order valence-electron chi connectivity index (χ3n) is 3.10. The summed E-state index contributed by atoms with van der Waals surface area (Å²) in [6, 6.07) is 11.8. The summed E-state index contributed by atoms with van der Waals surface area (Å²) < 4.78 is 14.1. The van der Waals surface area contributed by atoms with Crippen molar-refractivity contribution in [2.24, 2.45) is 10.9 Å². The molecule has 2 aromatic carbocycles. The second kappa shape index (κ2) is 6.45. The number of rotatable bonds is 4. The third kappa shape index (κ3) is 3.64. The Hall–Kier alpha value is -2.27. The van der Waals surface area contributed by atoms with Gasteiger partial charge >= 0.3 is 0 Å². The summed E-state index contributed by atoms with van der Waals surface area (Å²) in [5.74, 6) is -0.559. The predicted molar refractivity (Wildman–Crippen MR) is 82.5 cm³/mol. The Labute approximate surface area is 127 Å². The van der Waals surface area contributed by atoms with Gasteiger partial charge in [-0.25, -0.2) is 4.39 Å². The molecule has 0 radical (unpaired) electrons. The van der Waals surface area contributed by atoms with Crippen LogP contribution in [0.1, 0.15) is 11.1 Å². The topological polar surface area (TPSA) is 61.8 Å². The molecule has 0 aromatic heterocycles. The van der Waals surface area contributed by atoms with E-state index >= 15 is 0 Å². The van der Waals surface area contributed by atoms with Crippen molar-refractivity contribution in [3.05, 3.63) is 64.4 Å². The highest BCUT2D eigenvalue weighted by Crippen LogP contribution is 2.21. The van der Waals surface area contributed by atoms with Gasteiger partial charge in [0.05, 0.1) is 5.69 Å². The highest BCUT2D eigenvalue weighted by molar-refractivity contribution is 6.30. The zero-order valence-corrected chi connectivity index (χ0v) is 12.2. The number of halogens is 2. The summed E-state index contributed by atoms with van der Waals surface area (Å²) in [7, 11) is 1.79. The van der Waals surface area contributed by atoms with Crippen LogP contribution in [0.15, 0.2) is 47.6 Å². The third-order valence-corrected chi connectivity index (χ3v) is 3.35. The van der Waals surface area contributed by atoms with Gasteiger partial charge in [0.25, 0.3) is 0 Å². The molecule has 6 heteroatoms. The van der Waals surface area contributed by atoms with Crippen LogP contribution in [0.3, 0.4) is 0 Å². The molecule has 0 bridgehead atoms. The normalized spacial score (nSPS) is 11.5. The summed E-state index contributed by atoms with van der Waals surface area (Å²) in [5.41, 5.74) is 7.21. The van der Waals surface area contributed by atoms with Crippen molar-refractivity contribution in [1.29, 1.82) is 0 Å². The molecule has 0 saturated heterocycles. The molecule has 21 heavy (non-hydrogen) atoms. The molecule has 110 valence electrons. The number of hydrogen-bond acceptors (Lipinski definition) is 3. The molecule has 0 spiro atoms. The first-order valence-corrected chi connectivity index (χ1v) is 6.62. The Morgan fingerprint density at radius 3 is 2.52 bits per heavy atom. The Bertz CT molecular complexity index is 658. The van der Waals surface area contributed by atoms with E-state index < -0.39 is 5.82 Å². The van der Waals surface area contributed by atoms with Gasteiger partial charge in [-0.3, -0.25) is 0 Å². The van der Waals surface area contributed by atoms with Gasteiger partial charge in [0.2, 0.25) is 0 Å². The molecule has 0 aliphatic carbocycles. The molecule has 0 fully saturated rings. The summed E-state index contributed by atoms with van der Waals surface area (Å²) in [6.45, 7) is 0.539. The van der Waals surface area contributed by atoms with Crippen LogP contribution in [-0.4, -0.2) is 18.1 Å². The zero-order valence-electron chi connectivity index (χ0n) is 11.4. The van der Waals surface area contributed by atoms with Gasteiger partial charge in [0, 0.05) is 24.2 Å². The number of anilines is 1. The van der Waals surface area contributed by atoms with Crippen molar-refractivity contribution in [2.45, 2.75) is 6.54 Å². The highest BCUT2D eigenvalue weighted by Gasteiger charge is 2.10. The van der Waals surface area contributed by atoms with Gasteiger partial charge in [0.15, 0.2) is 5.84 Å². The summed E-state index contributed by atoms with van der Waals surface area (Å²) in [4.78, 5) is 1.77. The molecule has 3 N–H and O–H groups in total. The smallest absolute Gasteiger partial charge is 0.170 e. The molecule has 2 aromatic rings. The lowest BCUT2D eigenvalue weighted by molar-refractivity contribution is 0.318. The number of nitrogens with zero attached hydrogens (tertiary/aromatic N) is 2. The maximum Gasteiger partial charge on any atom is 0.170 e. The minimum absolute atomic E-state index is 0.124. The second-order valence-electron chi connectivity index (χ2n) is 4.63. The Kier molecular flexibility index (Phi) is 4.65. The maximum atomic E-state index is 14.1. The minimum Gasteiger partial charge on any atom is -0.409 e. The minimum atomic E-state index is -0.435. The maximum absolute atomic E-state index is 14.1. The predicted octanol–water partition coefficient (Wildman–Crippen LogP) is 3.21. The first-order chi connectivity index (χ1) is 10.0. The van der Waals surface area contributed by atoms with Crippen LogP contribution in [0.5, 0.6) is 0 Å². The lowest BCUT2D eigenvalue weighted by atomic mass is 10.1.